The first-order valence-corrected chi connectivity index (χ1v) is 4.48. The first kappa shape index (κ1) is 11.6. The van der Waals surface area contributed by atoms with Gasteiger partial charge in [-0.15, -0.1) is 0 Å². The second-order valence-electron chi connectivity index (χ2n) is 2.08. The molecule has 0 unspecified atom stereocenters. The topological polar surface area (TPSA) is 74.6 Å². The number of thiophene rings is 1. The smallest absolute Gasteiger partial charge is 0.303 e. The molecule has 0 spiro atoms. The predicted octanol–water partition coefficient (Wildman–Crippen LogP) is 1.68. The van der Waals surface area contributed by atoms with Gasteiger partial charge in [-0.2, -0.15) is 11.3 Å². The van der Waals surface area contributed by atoms with E-state index >= 15 is 0 Å². The van der Waals surface area contributed by atoms with Crippen molar-refractivity contribution < 1.29 is 19.8 Å². The molecule has 1 heterocycles. The fraction of sp³-hybridized carbons (Fsp3) is 0.250. The molecule has 0 aliphatic rings. The van der Waals surface area contributed by atoms with Crippen molar-refractivity contribution in [2.24, 2.45) is 0 Å². The molecule has 13 heavy (non-hydrogen) atoms. The van der Waals surface area contributed by atoms with Gasteiger partial charge >= 0.3 is 11.9 Å². The van der Waals surface area contributed by atoms with Crippen LogP contribution in [0.3, 0.4) is 0 Å². The zero-order valence-electron chi connectivity index (χ0n) is 6.84. The summed E-state index contributed by atoms with van der Waals surface area (Å²) in [7, 11) is 0. The number of hydrogen-bond donors (Lipinski definition) is 2. The van der Waals surface area contributed by atoms with Gasteiger partial charge in [0.1, 0.15) is 0 Å². The second kappa shape index (κ2) is 7.30. The molecule has 0 aromatic carbocycles. The van der Waals surface area contributed by atoms with Gasteiger partial charge in [0.25, 0.3) is 0 Å². The van der Waals surface area contributed by atoms with Crippen LogP contribution in [0.2, 0.25) is 0 Å². The van der Waals surface area contributed by atoms with Gasteiger partial charge in [-0.1, -0.05) is 12.1 Å². The number of carboxylic acids is 2. The van der Waals surface area contributed by atoms with Crippen molar-refractivity contribution in [3.05, 3.63) is 22.9 Å². The maximum Gasteiger partial charge on any atom is 0.303 e. The van der Waals surface area contributed by atoms with Crippen LogP contribution in [0.25, 0.3) is 0 Å². The Morgan fingerprint density at radius 2 is 1.38 bits per heavy atom. The lowest BCUT2D eigenvalue weighted by Crippen LogP contribution is -2.00. The van der Waals surface area contributed by atoms with Gasteiger partial charge in [-0.25, -0.2) is 0 Å². The summed E-state index contributed by atoms with van der Waals surface area (Å²) in [4.78, 5) is 19.3. The third-order valence-electron chi connectivity index (χ3n) is 0.978. The lowest BCUT2D eigenvalue weighted by Gasteiger charge is -1.85. The van der Waals surface area contributed by atoms with Crippen molar-refractivity contribution in [1.29, 1.82) is 0 Å². The first-order chi connectivity index (χ1) is 6.13. The minimum atomic E-state index is -1.08. The summed E-state index contributed by atoms with van der Waals surface area (Å²) in [6, 6.07) is 4.04. The highest BCUT2D eigenvalue weighted by molar-refractivity contribution is 7.07. The molecule has 0 fully saturated rings. The summed E-state index contributed by atoms with van der Waals surface area (Å²) in [6.45, 7) is 0. The molecule has 1 aromatic rings. The SMILES string of the molecule is O=C(O)CCC(=O)O.c1ccsc1. The van der Waals surface area contributed by atoms with Gasteiger partial charge in [0.2, 0.25) is 0 Å². The third-order valence-corrected chi connectivity index (χ3v) is 1.61. The summed E-state index contributed by atoms with van der Waals surface area (Å²) in [5.41, 5.74) is 0. The number of hydrogen-bond acceptors (Lipinski definition) is 3. The van der Waals surface area contributed by atoms with Crippen LogP contribution in [0.4, 0.5) is 0 Å². The van der Waals surface area contributed by atoms with Crippen molar-refractivity contribution in [3.63, 3.8) is 0 Å². The van der Waals surface area contributed by atoms with E-state index in [9.17, 15) is 9.59 Å². The van der Waals surface area contributed by atoms with Crippen molar-refractivity contribution in [2.75, 3.05) is 0 Å². The van der Waals surface area contributed by atoms with Crippen LogP contribution < -0.4 is 0 Å². The Balaban J connectivity index is 0.000000243. The Hall–Kier alpha value is -1.36. The molecule has 0 aliphatic heterocycles. The largest absolute Gasteiger partial charge is 0.481 e. The van der Waals surface area contributed by atoms with E-state index in [1.54, 1.807) is 11.3 Å². The summed E-state index contributed by atoms with van der Waals surface area (Å²) >= 11 is 1.71. The summed E-state index contributed by atoms with van der Waals surface area (Å²) in [5, 5.41) is 19.9. The molecule has 0 atom stereocenters. The van der Waals surface area contributed by atoms with Crippen LogP contribution in [0.5, 0.6) is 0 Å². The van der Waals surface area contributed by atoms with Crippen LogP contribution in [-0.2, 0) is 9.59 Å². The molecular formula is C8H10O4S. The van der Waals surface area contributed by atoms with Gasteiger partial charge in [0, 0.05) is 0 Å². The van der Waals surface area contributed by atoms with Gasteiger partial charge in [-0.05, 0) is 10.8 Å². The quantitative estimate of drug-likeness (QED) is 0.782. The lowest BCUT2D eigenvalue weighted by atomic mass is 10.3. The molecule has 2 N–H and O–H groups in total. The number of rotatable bonds is 3. The highest BCUT2D eigenvalue weighted by Gasteiger charge is 2.00. The molecule has 5 heteroatoms. The molecule has 0 amide bonds. The van der Waals surface area contributed by atoms with Crippen molar-refractivity contribution >= 4 is 23.3 Å². The lowest BCUT2D eigenvalue weighted by molar-refractivity contribution is -0.143. The minimum absolute atomic E-state index is 0.296. The number of aliphatic carboxylic acids is 2. The molecule has 0 saturated carbocycles. The third kappa shape index (κ3) is 10.6. The summed E-state index contributed by atoms with van der Waals surface area (Å²) in [5.74, 6) is -2.15. The van der Waals surface area contributed by atoms with E-state index in [1.807, 2.05) is 22.9 Å². The van der Waals surface area contributed by atoms with E-state index in [4.69, 9.17) is 10.2 Å². The Morgan fingerprint density at radius 3 is 1.54 bits per heavy atom. The van der Waals surface area contributed by atoms with Crippen LogP contribution in [0, 0.1) is 0 Å². The molecule has 1 rings (SSSR count). The Labute approximate surface area is 79.4 Å². The van der Waals surface area contributed by atoms with Crippen LogP contribution in [0.15, 0.2) is 22.9 Å². The van der Waals surface area contributed by atoms with E-state index in [0.29, 0.717) is 0 Å². The highest BCUT2D eigenvalue weighted by Crippen LogP contribution is 1.91. The van der Waals surface area contributed by atoms with E-state index in [0.717, 1.165) is 0 Å². The molecule has 0 aliphatic carbocycles. The zero-order chi connectivity index (χ0) is 10.1. The molecule has 0 saturated heterocycles. The fourth-order valence-electron chi connectivity index (χ4n) is 0.441. The average Bonchev–Trinajstić information content (AvgIpc) is 2.57. The summed E-state index contributed by atoms with van der Waals surface area (Å²) < 4.78 is 0. The molecule has 1 aromatic heterocycles. The molecule has 72 valence electrons. The number of carbonyl (C=O) groups is 2. The normalized spacial score (nSPS) is 8.31. The predicted molar refractivity (Wildman–Crippen MR) is 48.8 cm³/mol. The van der Waals surface area contributed by atoms with Crippen molar-refractivity contribution in [2.45, 2.75) is 12.8 Å². The first-order valence-electron chi connectivity index (χ1n) is 3.53. The highest BCUT2D eigenvalue weighted by atomic mass is 32.1. The van der Waals surface area contributed by atoms with Crippen molar-refractivity contribution in [3.8, 4) is 0 Å². The van der Waals surface area contributed by atoms with Gasteiger partial charge in [0.05, 0.1) is 12.8 Å². The molecule has 4 nitrogen and oxygen atoms in total. The van der Waals surface area contributed by atoms with Crippen LogP contribution in [-0.4, -0.2) is 22.2 Å². The molecule has 0 radical (unpaired) electrons. The Kier molecular flexibility index (Phi) is 6.53. The van der Waals surface area contributed by atoms with Gasteiger partial charge < -0.3 is 10.2 Å². The van der Waals surface area contributed by atoms with E-state index in [1.165, 1.54) is 0 Å². The maximum atomic E-state index is 9.64. The van der Waals surface area contributed by atoms with E-state index in [2.05, 4.69) is 0 Å². The fourth-order valence-corrected chi connectivity index (χ4v) is 0.894. The van der Waals surface area contributed by atoms with E-state index < -0.39 is 11.9 Å². The summed E-state index contributed by atoms with van der Waals surface area (Å²) in [6.07, 6.45) is -0.593. The van der Waals surface area contributed by atoms with Gasteiger partial charge in [-0.3, -0.25) is 9.59 Å². The molecule has 0 bridgehead atoms. The maximum absolute atomic E-state index is 9.64. The molecular weight excluding hydrogens is 192 g/mol. The Morgan fingerprint density at radius 1 is 1.00 bits per heavy atom. The van der Waals surface area contributed by atoms with Gasteiger partial charge in [0.15, 0.2) is 0 Å². The van der Waals surface area contributed by atoms with Crippen LogP contribution in [0.1, 0.15) is 12.8 Å². The monoisotopic (exact) mass is 202 g/mol. The second-order valence-corrected chi connectivity index (χ2v) is 2.90. The van der Waals surface area contributed by atoms with E-state index in [-0.39, 0.29) is 12.8 Å². The van der Waals surface area contributed by atoms with Crippen LogP contribution >= 0.6 is 11.3 Å². The average molecular weight is 202 g/mol. The Bertz CT molecular complexity index is 211. The standard InChI is InChI=1S/C4H6O4.C4H4S/c5-3(6)1-2-4(7)8;1-2-4-5-3-1/h1-2H2,(H,5,6)(H,7,8);1-4H. The zero-order valence-corrected chi connectivity index (χ0v) is 7.66. The number of carboxylic acid groups (broad SMARTS) is 2. The minimum Gasteiger partial charge on any atom is -0.481 e. The van der Waals surface area contributed by atoms with Crippen molar-refractivity contribution in [1.82, 2.24) is 0 Å².